The molecule has 15 heavy (non-hydrogen) atoms. The van der Waals surface area contributed by atoms with E-state index < -0.39 is 0 Å². The van der Waals surface area contributed by atoms with Crippen molar-refractivity contribution in [3.63, 3.8) is 0 Å². The molecule has 0 radical (unpaired) electrons. The Balaban J connectivity index is 1.71. The summed E-state index contributed by atoms with van der Waals surface area (Å²) < 4.78 is 5.65. The molecule has 0 aromatic carbocycles. The normalized spacial score (nSPS) is 37.0. The molecule has 1 heterocycles. The van der Waals surface area contributed by atoms with Crippen molar-refractivity contribution in [2.45, 2.75) is 64.0 Å². The average molecular weight is 211 g/mol. The van der Waals surface area contributed by atoms with Crippen molar-refractivity contribution in [3.05, 3.63) is 0 Å². The summed E-state index contributed by atoms with van der Waals surface area (Å²) >= 11 is 0. The molecule has 0 spiro atoms. The van der Waals surface area contributed by atoms with Gasteiger partial charge in [-0.1, -0.05) is 26.2 Å². The van der Waals surface area contributed by atoms with Crippen LogP contribution in [0.15, 0.2) is 0 Å². The van der Waals surface area contributed by atoms with E-state index in [2.05, 4.69) is 12.2 Å². The third-order valence-corrected chi connectivity index (χ3v) is 4.07. The number of rotatable bonds is 4. The van der Waals surface area contributed by atoms with Gasteiger partial charge in [0, 0.05) is 19.2 Å². The van der Waals surface area contributed by atoms with Crippen LogP contribution in [0.5, 0.6) is 0 Å². The van der Waals surface area contributed by atoms with Gasteiger partial charge in [-0.15, -0.1) is 0 Å². The molecular formula is C13H25NO. The van der Waals surface area contributed by atoms with Gasteiger partial charge in [-0.25, -0.2) is 0 Å². The van der Waals surface area contributed by atoms with E-state index in [4.69, 9.17) is 4.74 Å². The van der Waals surface area contributed by atoms with E-state index in [1.807, 2.05) is 0 Å². The first-order chi connectivity index (χ1) is 7.40. The van der Waals surface area contributed by atoms with Crippen LogP contribution >= 0.6 is 0 Å². The van der Waals surface area contributed by atoms with Crippen LogP contribution in [0.3, 0.4) is 0 Å². The summed E-state index contributed by atoms with van der Waals surface area (Å²) in [4.78, 5) is 0. The topological polar surface area (TPSA) is 21.3 Å². The van der Waals surface area contributed by atoms with Gasteiger partial charge in [-0.05, 0) is 31.6 Å². The minimum Gasteiger partial charge on any atom is -0.377 e. The van der Waals surface area contributed by atoms with E-state index in [0.29, 0.717) is 6.10 Å². The predicted octanol–water partition coefficient (Wildman–Crippen LogP) is 2.72. The fourth-order valence-corrected chi connectivity index (χ4v) is 3.05. The lowest BCUT2D eigenvalue weighted by Crippen LogP contribution is -2.41. The van der Waals surface area contributed by atoms with Crippen molar-refractivity contribution in [1.82, 2.24) is 5.32 Å². The molecule has 0 bridgehead atoms. The number of hydrogen-bond acceptors (Lipinski definition) is 2. The van der Waals surface area contributed by atoms with Crippen molar-refractivity contribution >= 4 is 0 Å². The van der Waals surface area contributed by atoms with Crippen LogP contribution in [0.2, 0.25) is 0 Å². The van der Waals surface area contributed by atoms with Crippen LogP contribution in [-0.4, -0.2) is 25.3 Å². The Labute approximate surface area is 93.8 Å². The molecule has 1 saturated carbocycles. The van der Waals surface area contributed by atoms with Gasteiger partial charge in [-0.3, -0.25) is 0 Å². The largest absolute Gasteiger partial charge is 0.377 e. The number of ether oxygens (including phenoxy) is 1. The molecule has 2 heteroatoms. The Bertz CT molecular complexity index is 177. The Morgan fingerprint density at radius 1 is 1.13 bits per heavy atom. The summed E-state index contributed by atoms with van der Waals surface area (Å²) in [6, 6.07) is 0.771. The monoisotopic (exact) mass is 211 g/mol. The number of nitrogens with one attached hydrogen (secondary N) is 1. The first kappa shape index (κ1) is 11.4. The fraction of sp³-hybridized carbons (Fsp3) is 1.00. The smallest absolute Gasteiger partial charge is 0.0700 e. The van der Waals surface area contributed by atoms with Crippen LogP contribution in [0.1, 0.15) is 51.9 Å². The van der Waals surface area contributed by atoms with Gasteiger partial charge in [-0.2, -0.15) is 0 Å². The molecule has 2 fully saturated rings. The van der Waals surface area contributed by atoms with Crippen LogP contribution in [-0.2, 0) is 4.74 Å². The van der Waals surface area contributed by atoms with Gasteiger partial charge in [0.25, 0.3) is 0 Å². The molecule has 1 N–H and O–H groups in total. The quantitative estimate of drug-likeness (QED) is 0.772. The third-order valence-electron chi connectivity index (χ3n) is 4.07. The van der Waals surface area contributed by atoms with Crippen LogP contribution in [0.25, 0.3) is 0 Å². The molecular weight excluding hydrogens is 186 g/mol. The van der Waals surface area contributed by atoms with E-state index in [1.165, 1.54) is 44.9 Å². The summed E-state index contributed by atoms with van der Waals surface area (Å²) in [5, 5.41) is 3.74. The molecule has 1 saturated heterocycles. The van der Waals surface area contributed by atoms with E-state index in [-0.39, 0.29) is 0 Å². The van der Waals surface area contributed by atoms with Crippen molar-refractivity contribution in [2.75, 3.05) is 13.2 Å². The highest BCUT2D eigenvalue weighted by Gasteiger charge is 2.24. The van der Waals surface area contributed by atoms with Crippen LogP contribution in [0.4, 0.5) is 0 Å². The zero-order chi connectivity index (χ0) is 10.5. The zero-order valence-electron chi connectivity index (χ0n) is 10.0. The first-order valence-electron chi connectivity index (χ1n) is 6.75. The van der Waals surface area contributed by atoms with Crippen molar-refractivity contribution in [2.24, 2.45) is 5.92 Å². The van der Waals surface area contributed by atoms with Gasteiger partial charge < -0.3 is 10.1 Å². The summed E-state index contributed by atoms with van der Waals surface area (Å²) in [6.45, 7) is 4.39. The lowest BCUT2D eigenvalue weighted by Gasteiger charge is -2.32. The lowest BCUT2D eigenvalue weighted by atomic mass is 9.83. The molecule has 2 rings (SSSR count). The molecule has 0 unspecified atom stereocenters. The van der Waals surface area contributed by atoms with Crippen LogP contribution < -0.4 is 5.32 Å². The third kappa shape index (κ3) is 3.18. The van der Waals surface area contributed by atoms with E-state index in [1.54, 1.807) is 0 Å². The summed E-state index contributed by atoms with van der Waals surface area (Å²) in [6.07, 6.45) is 10.0. The second-order valence-electron chi connectivity index (χ2n) is 5.10. The second-order valence-corrected chi connectivity index (χ2v) is 5.10. The maximum atomic E-state index is 5.65. The molecule has 0 aromatic rings. The van der Waals surface area contributed by atoms with E-state index in [0.717, 1.165) is 25.1 Å². The van der Waals surface area contributed by atoms with Gasteiger partial charge in [0.05, 0.1) is 6.10 Å². The maximum absolute atomic E-state index is 5.65. The SMILES string of the molecule is CC[C@@H]1CCCC[C@H]1NC[C@H]1CCCO1. The molecule has 0 amide bonds. The highest BCUT2D eigenvalue weighted by molar-refractivity contribution is 4.81. The standard InChI is InChI=1S/C13H25NO/c1-2-11-6-3-4-8-13(11)14-10-12-7-5-9-15-12/h11-14H,2-10H2,1H3/t11-,12-,13-/m1/s1. The predicted molar refractivity (Wildman–Crippen MR) is 63.0 cm³/mol. The Hall–Kier alpha value is -0.0800. The van der Waals surface area contributed by atoms with E-state index >= 15 is 0 Å². The molecule has 1 aliphatic heterocycles. The average Bonchev–Trinajstić information content (AvgIpc) is 2.79. The zero-order valence-corrected chi connectivity index (χ0v) is 10.0. The summed E-state index contributed by atoms with van der Waals surface area (Å²) in [7, 11) is 0. The molecule has 0 aromatic heterocycles. The molecule has 2 nitrogen and oxygen atoms in total. The Morgan fingerprint density at radius 3 is 2.73 bits per heavy atom. The minimum absolute atomic E-state index is 0.504. The van der Waals surface area contributed by atoms with Crippen LogP contribution in [0, 0.1) is 5.92 Å². The maximum Gasteiger partial charge on any atom is 0.0700 e. The lowest BCUT2D eigenvalue weighted by molar-refractivity contribution is 0.101. The van der Waals surface area contributed by atoms with E-state index in [9.17, 15) is 0 Å². The minimum atomic E-state index is 0.504. The van der Waals surface area contributed by atoms with Crippen molar-refractivity contribution < 1.29 is 4.74 Å². The molecule has 88 valence electrons. The second kappa shape index (κ2) is 5.86. The van der Waals surface area contributed by atoms with Crippen molar-refractivity contribution in [3.8, 4) is 0 Å². The van der Waals surface area contributed by atoms with Crippen molar-refractivity contribution in [1.29, 1.82) is 0 Å². The van der Waals surface area contributed by atoms with Gasteiger partial charge in [0.1, 0.15) is 0 Å². The fourth-order valence-electron chi connectivity index (χ4n) is 3.05. The molecule has 2 aliphatic rings. The highest BCUT2D eigenvalue weighted by Crippen LogP contribution is 2.27. The van der Waals surface area contributed by atoms with Gasteiger partial charge in [0.15, 0.2) is 0 Å². The Kier molecular flexibility index (Phi) is 4.45. The highest BCUT2D eigenvalue weighted by atomic mass is 16.5. The summed E-state index contributed by atoms with van der Waals surface area (Å²) in [5.74, 6) is 0.917. The van der Waals surface area contributed by atoms with Gasteiger partial charge in [0.2, 0.25) is 0 Å². The number of hydrogen-bond donors (Lipinski definition) is 1. The molecule has 3 atom stereocenters. The Morgan fingerprint density at radius 2 is 2.00 bits per heavy atom. The molecule has 1 aliphatic carbocycles. The first-order valence-corrected chi connectivity index (χ1v) is 6.75. The van der Waals surface area contributed by atoms with Gasteiger partial charge >= 0.3 is 0 Å². The summed E-state index contributed by atoms with van der Waals surface area (Å²) in [5.41, 5.74) is 0.